The zero-order valence-electron chi connectivity index (χ0n) is 28.0. The van der Waals surface area contributed by atoms with Crippen LogP contribution < -0.4 is 0 Å². The molecule has 2 saturated carbocycles. The van der Waals surface area contributed by atoms with Crippen molar-refractivity contribution in [3.63, 3.8) is 0 Å². The summed E-state index contributed by atoms with van der Waals surface area (Å²) in [4.78, 5) is 0. The second kappa shape index (κ2) is 12.5. The van der Waals surface area contributed by atoms with Crippen LogP contribution in [0.15, 0.2) is 12.2 Å². The smallest absolute Gasteiger partial charge is 0.189 e. The number of aliphatic hydroxyl groups excluding tert-OH is 7. The van der Waals surface area contributed by atoms with Crippen LogP contribution in [0.1, 0.15) is 72.6 Å². The summed E-state index contributed by atoms with van der Waals surface area (Å²) in [7, 11) is 0. The third-order valence-corrected chi connectivity index (χ3v) is 14.1. The average molecular weight is 669 g/mol. The molecule has 268 valence electrons. The van der Waals surface area contributed by atoms with E-state index in [0.717, 1.165) is 51.6 Å². The summed E-state index contributed by atoms with van der Waals surface area (Å²) >= 11 is 0. The van der Waals surface area contributed by atoms with E-state index in [0.29, 0.717) is 17.8 Å². The predicted octanol–water partition coefficient (Wildman–Crippen LogP) is 0.813. The van der Waals surface area contributed by atoms with E-state index in [4.69, 9.17) is 23.7 Å². The molecule has 7 rings (SSSR count). The summed E-state index contributed by atoms with van der Waals surface area (Å²) in [6.45, 7) is 9.60. The van der Waals surface area contributed by atoms with Gasteiger partial charge in [0.15, 0.2) is 18.4 Å². The molecule has 0 aromatic heterocycles. The Morgan fingerprint density at radius 2 is 1.55 bits per heavy atom. The highest BCUT2D eigenvalue weighted by Gasteiger charge is 2.67. The van der Waals surface area contributed by atoms with Gasteiger partial charge in [-0.2, -0.15) is 0 Å². The monoisotopic (exact) mass is 668 g/mol. The molecular formula is C35H56O12. The fourth-order valence-electron chi connectivity index (χ4n) is 10.7. The van der Waals surface area contributed by atoms with Crippen LogP contribution in [0.2, 0.25) is 0 Å². The quantitative estimate of drug-likeness (QED) is 0.209. The van der Waals surface area contributed by atoms with Crippen molar-refractivity contribution in [2.24, 2.45) is 46.3 Å². The van der Waals surface area contributed by atoms with E-state index in [1.165, 1.54) is 0 Å². The SMILES string of the molecule is CC1CCC2(OC1)OC1C3C=CC4CC(C5OC(CO)C(O)C(O)C5OC5OC(O)C(O)C(O)C5O)CCC4(C)C3CCC1(C)C2C. The lowest BCUT2D eigenvalue weighted by Gasteiger charge is -2.59. The van der Waals surface area contributed by atoms with Crippen molar-refractivity contribution in [2.45, 2.75) is 146 Å². The molecule has 6 fully saturated rings. The Hall–Kier alpha value is -0.740. The first-order valence-corrected chi connectivity index (χ1v) is 17.9. The molecule has 12 heteroatoms. The average Bonchev–Trinajstić information content (AvgIpc) is 3.28. The summed E-state index contributed by atoms with van der Waals surface area (Å²) in [6, 6.07) is 0. The van der Waals surface area contributed by atoms with Crippen molar-refractivity contribution in [1.29, 1.82) is 0 Å². The van der Waals surface area contributed by atoms with Crippen LogP contribution in [0.3, 0.4) is 0 Å². The first-order chi connectivity index (χ1) is 22.2. The first-order valence-electron chi connectivity index (χ1n) is 17.9. The molecule has 0 amide bonds. The second-order valence-corrected chi connectivity index (χ2v) is 16.6. The van der Waals surface area contributed by atoms with E-state index >= 15 is 0 Å². The molecule has 4 aliphatic heterocycles. The normalized spacial score (nSPS) is 59.3. The highest BCUT2D eigenvalue weighted by atomic mass is 16.8. The Labute approximate surface area is 277 Å². The minimum absolute atomic E-state index is 0.00803. The summed E-state index contributed by atoms with van der Waals surface area (Å²) in [6.07, 6.45) is -3.21. The number of fused-ring (bicyclic) bond motifs is 5. The Kier molecular flexibility index (Phi) is 9.22. The molecule has 4 heterocycles. The Morgan fingerprint density at radius 3 is 2.26 bits per heavy atom. The number of ether oxygens (including phenoxy) is 5. The minimum Gasteiger partial charge on any atom is -0.394 e. The van der Waals surface area contributed by atoms with Gasteiger partial charge in [0.05, 0.1) is 25.4 Å². The molecular weight excluding hydrogens is 612 g/mol. The van der Waals surface area contributed by atoms with Gasteiger partial charge in [0.1, 0.15) is 42.7 Å². The number of hydrogen-bond donors (Lipinski definition) is 7. The van der Waals surface area contributed by atoms with Gasteiger partial charge >= 0.3 is 0 Å². The van der Waals surface area contributed by atoms with Crippen molar-refractivity contribution < 1.29 is 59.4 Å². The Balaban J connectivity index is 1.11. The molecule has 0 aromatic carbocycles. The molecule has 3 aliphatic carbocycles. The van der Waals surface area contributed by atoms with E-state index in [1.54, 1.807) is 0 Å². The number of aliphatic hydroxyl groups is 7. The van der Waals surface area contributed by atoms with Gasteiger partial charge < -0.3 is 59.4 Å². The maximum atomic E-state index is 11.2. The van der Waals surface area contributed by atoms with Gasteiger partial charge in [0.25, 0.3) is 0 Å². The summed E-state index contributed by atoms with van der Waals surface area (Å²) in [5.41, 5.74) is 0.0420. The largest absolute Gasteiger partial charge is 0.394 e. The van der Waals surface area contributed by atoms with E-state index in [1.807, 2.05) is 0 Å². The molecule has 12 nitrogen and oxygen atoms in total. The number of hydrogen-bond acceptors (Lipinski definition) is 12. The molecule has 20 unspecified atom stereocenters. The van der Waals surface area contributed by atoms with Gasteiger partial charge in [0, 0.05) is 23.7 Å². The van der Waals surface area contributed by atoms with Crippen molar-refractivity contribution in [3.05, 3.63) is 12.2 Å². The summed E-state index contributed by atoms with van der Waals surface area (Å²) in [5, 5.41) is 72.8. The van der Waals surface area contributed by atoms with Crippen molar-refractivity contribution >= 4 is 0 Å². The summed E-state index contributed by atoms with van der Waals surface area (Å²) in [5.74, 6) is 1.14. The molecule has 7 N–H and O–H groups in total. The predicted molar refractivity (Wildman–Crippen MR) is 165 cm³/mol. The highest BCUT2D eigenvalue weighted by molar-refractivity contribution is 5.20. The molecule has 7 aliphatic rings. The van der Waals surface area contributed by atoms with Gasteiger partial charge in [-0.25, -0.2) is 0 Å². The molecule has 1 spiro atoms. The van der Waals surface area contributed by atoms with Crippen molar-refractivity contribution in [3.8, 4) is 0 Å². The van der Waals surface area contributed by atoms with Gasteiger partial charge in [-0.3, -0.25) is 0 Å². The third-order valence-electron chi connectivity index (χ3n) is 14.1. The van der Waals surface area contributed by atoms with Crippen molar-refractivity contribution in [1.82, 2.24) is 0 Å². The molecule has 0 radical (unpaired) electrons. The van der Waals surface area contributed by atoms with E-state index in [2.05, 4.69) is 39.8 Å². The molecule has 4 saturated heterocycles. The van der Waals surface area contributed by atoms with E-state index in [9.17, 15) is 35.7 Å². The van der Waals surface area contributed by atoms with Crippen LogP contribution in [0.4, 0.5) is 0 Å². The lowest BCUT2D eigenvalue weighted by atomic mass is 9.47. The fourth-order valence-corrected chi connectivity index (χ4v) is 10.7. The molecule has 20 atom stereocenters. The zero-order valence-corrected chi connectivity index (χ0v) is 28.0. The number of allylic oxidation sites excluding steroid dienone is 1. The topological polar surface area (TPSA) is 188 Å². The van der Waals surface area contributed by atoms with Crippen molar-refractivity contribution in [2.75, 3.05) is 13.2 Å². The molecule has 0 bridgehead atoms. The van der Waals surface area contributed by atoms with Crippen LogP contribution in [-0.4, -0.2) is 122 Å². The van der Waals surface area contributed by atoms with Gasteiger partial charge in [-0.15, -0.1) is 0 Å². The number of rotatable bonds is 4. The van der Waals surface area contributed by atoms with Crippen LogP contribution >= 0.6 is 0 Å². The van der Waals surface area contributed by atoms with E-state index < -0.39 is 73.8 Å². The maximum Gasteiger partial charge on any atom is 0.189 e. The lowest BCUT2D eigenvalue weighted by molar-refractivity contribution is -0.370. The fraction of sp³-hybridized carbons (Fsp3) is 0.943. The van der Waals surface area contributed by atoms with Crippen LogP contribution in [0.25, 0.3) is 0 Å². The Bertz CT molecular complexity index is 1160. The lowest BCUT2D eigenvalue weighted by Crippen LogP contribution is -2.65. The second-order valence-electron chi connectivity index (χ2n) is 16.6. The van der Waals surface area contributed by atoms with Gasteiger partial charge in [0.2, 0.25) is 0 Å². The van der Waals surface area contributed by atoms with E-state index in [-0.39, 0.29) is 34.7 Å². The Morgan fingerprint density at radius 1 is 0.809 bits per heavy atom. The maximum absolute atomic E-state index is 11.2. The van der Waals surface area contributed by atoms with Crippen LogP contribution in [0, 0.1) is 46.3 Å². The highest BCUT2D eigenvalue weighted by Crippen LogP contribution is 2.66. The zero-order chi connectivity index (χ0) is 33.6. The van der Waals surface area contributed by atoms with Crippen LogP contribution in [-0.2, 0) is 23.7 Å². The standard InChI is InChI=1S/C35H56O12/c1-16-7-12-35(43-15-16)17(2)33(3)11-9-21-20(30(33)47-35)6-5-19-13-18(8-10-34(19,21)4)28-29(25(39)23(37)22(14-36)44-28)45-32-27(41)24(38)26(40)31(42)46-32/h5-6,16-32,36-42H,7-15H2,1-4H3. The van der Waals surface area contributed by atoms with Crippen LogP contribution in [0.5, 0.6) is 0 Å². The molecule has 47 heavy (non-hydrogen) atoms. The molecule has 0 aromatic rings. The summed E-state index contributed by atoms with van der Waals surface area (Å²) < 4.78 is 31.1. The first kappa shape index (κ1) is 34.7. The van der Waals surface area contributed by atoms with Gasteiger partial charge in [-0.1, -0.05) is 39.8 Å². The third kappa shape index (κ3) is 5.40. The van der Waals surface area contributed by atoms with Gasteiger partial charge in [-0.05, 0) is 67.6 Å². The minimum atomic E-state index is -1.82.